The molecule has 0 aliphatic heterocycles. The van der Waals surface area contributed by atoms with Crippen molar-refractivity contribution in [3.63, 3.8) is 0 Å². The van der Waals surface area contributed by atoms with E-state index < -0.39 is 0 Å². The van der Waals surface area contributed by atoms with Crippen LogP contribution >= 0.6 is 27.3 Å². The first-order chi connectivity index (χ1) is 9.31. The van der Waals surface area contributed by atoms with E-state index in [1.54, 1.807) is 11.3 Å². The third-order valence-corrected chi connectivity index (χ3v) is 4.20. The lowest BCUT2D eigenvalue weighted by Gasteiger charge is -2.01. The summed E-state index contributed by atoms with van der Waals surface area (Å²) >= 11 is 5.15. The summed E-state index contributed by atoms with van der Waals surface area (Å²) in [5, 5.41) is 4.32. The van der Waals surface area contributed by atoms with Gasteiger partial charge in [-0.1, -0.05) is 33.3 Å². The van der Waals surface area contributed by atoms with Crippen molar-refractivity contribution in [2.75, 3.05) is 11.9 Å². The molecule has 1 aromatic carbocycles. The molecule has 0 aliphatic rings. The zero-order valence-corrected chi connectivity index (χ0v) is 12.5. The lowest BCUT2D eigenvalue weighted by molar-refractivity contribution is 0.960. The number of rotatable bonds is 4. The van der Waals surface area contributed by atoms with Gasteiger partial charge in [-0.3, -0.25) is 4.98 Å². The molecule has 0 atom stereocenters. The highest BCUT2D eigenvalue weighted by atomic mass is 79.9. The molecule has 0 amide bonds. The molecule has 0 aliphatic carbocycles. The van der Waals surface area contributed by atoms with Gasteiger partial charge in [0.25, 0.3) is 0 Å². The molecule has 5 heteroatoms. The van der Waals surface area contributed by atoms with E-state index in [4.69, 9.17) is 0 Å². The van der Waals surface area contributed by atoms with Gasteiger partial charge in [0.05, 0.1) is 10.2 Å². The van der Waals surface area contributed by atoms with Crippen LogP contribution in [0.15, 0.2) is 47.1 Å². The maximum absolute atomic E-state index is 4.55. The first-order valence-corrected chi connectivity index (χ1v) is 7.62. The van der Waals surface area contributed by atoms with Crippen molar-refractivity contribution in [3.05, 3.63) is 52.8 Å². The van der Waals surface area contributed by atoms with E-state index in [2.05, 4.69) is 37.3 Å². The topological polar surface area (TPSA) is 37.8 Å². The molecule has 0 spiro atoms. The van der Waals surface area contributed by atoms with Gasteiger partial charge in [0.15, 0.2) is 5.13 Å². The first kappa shape index (κ1) is 12.6. The average molecular weight is 334 g/mol. The van der Waals surface area contributed by atoms with Crippen molar-refractivity contribution in [3.8, 4) is 0 Å². The Bertz CT molecular complexity index is 681. The molecule has 0 fully saturated rings. The Morgan fingerprint density at radius 2 is 2.16 bits per heavy atom. The van der Waals surface area contributed by atoms with Crippen molar-refractivity contribution < 1.29 is 0 Å². The molecule has 0 saturated heterocycles. The van der Waals surface area contributed by atoms with Crippen molar-refractivity contribution in [2.24, 2.45) is 0 Å². The van der Waals surface area contributed by atoms with Gasteiger partial charge in [0, 0.05) is 29.3 Å². The minimum atomic E-state index is 0.845. The SMILES string of the molecule is Brc1ccc2nc(NCCc3ccccn3)sc2c1. The fourth-order valence-corrected chi connectivity index (χ4v) is 3.26. The highest BCUT2D eigenvalue weighted by Gasteiger charge is 2.03. The van der Waals surface area contributed by atoms with Crippen LogP contribution in [0.25, 0.3) is 10.2 Å². The second-order valence-electron chi connectivity index (χ2n) is 4.13. The van der Waals surface area contributed by atoms with E-state index in [9.17, 15) is 0 Å². The van der Waals surface area contributed by atoms with Crippen LogP contribution in [0.1, 0.15) is 5.69 Å². The number of anilines is 1. The van der Waals surface area contributed by atoms with Gasteiger partial charge in [0.2, 0.25) is 0 Å². The summed E-state index contributed by atoms with van der Waals surface area (Å²) < 4.78 is 2.28. The summed E-state index contributed by atoms with van der Waals surface area (Å²) in [4.78, 5) is 8.85. The predicted octanol–water partition coefficient (Wildman–Crippen LogP) is 4.11. The van der Waals surface area contributed by atoms with Crippen molar-refractivity contribution in [1.82, 2.24) is 9.97 Å². The van der Waals surface area contributed by atoms with Gasteiger partial charge >= 0.3 is 0 Å². The van der Waals surface area contributed by atoms with E-state index in [0.717, 1.165) is 33.8 Å². The van der Waals surface area contributed by atoms with E-state index in [-0.39, 0.29) is 0 Å². The lowest BCUT2D eigenvalue weighted by Crippen LogP contribution is -2.05. The number of nitrogens with zero attached hydrogens (tertiary/aromatic N) is 2. The van der Waals surface area contributed by atoms with Crippen LogP contribution in [0.3, 0.4) is 0 Å². The molecule has 0 saturated carbocycles. The van der Waals surface area contributed by atoms with Crippen LogP contribution < -0.4 is 5.32 Å². The molecule has 3 aromatic rings. The van der Waals surface area contributed by atoms with Gasteiger partial charge in [-0.25, -0.2) is 4.98 Å². The Balaban J connectivity index is 1.65. The van der Waals surface area contributed by atoms with Crippen LogP contribution in [-0.2, 0) is 6.42 Å². The minimum Gasteiger partial charge on any atom is -0.361 e. The number of thiazole rings is 1. The van der Waals surface area contributed by atoms with Gasteiger partial charge in [-0.15, -0.1) is 0 Å². The molecule has 19 heavy (non-hydrogen) atoms. The number of pyridine rings is 1. The van der Waals surface area contributed by atoms with E-state index in [1.165, 1.54) is 4.70 Å². The van der Waals surface area contributed by atoms with Crippen molar-refractivity contribution in [2.45, 2.75) is 6.42 Å². The molecule has 2 aromatic heterocycles. The van der Waals surface area contributed by atoms with E-state index in [0.29, 0.717) is 0 Å². The summed E-state index contributed by atoms with van der Waals surface area (Å²) in [7, 11) is 0. The molecule has 0 radical (unpaired) electrons. The van der Waals surface area contributed by atoms with Crippen LogP contribution in [0.2, 0.25) is 0 Å². The minimum absolute atomic E-state index is 0.845. The second kappa shape index (κ2) is 5.67. The summed E-state index contributed by atoms with van der Waals surface area (Å²) in [5.41, 5.74) is 2.13. The smallest absolute Gasteiger partial charge is 0.183 e. The highest BCUT2D eigenvalue weighted by molar-refractivity contribution is 9.10. The van der Waals surface area contributed by atoms with Gasteiger partial charge in [0.1, 0.15) is 0 Å². The summed E-state index contributed by atoms with van der Waals surface area (Å²) in [6.45, 7) is 0.845. The Morgan fingerprint density at radius 1 is 1.21 bits per heavy atom. The second-order valence-corrected chi connectivity index (χ2v) is 6.08. The van der Waals surface area contributed by atoms with Gasteiger partial charge in [-0.2, -0.15) is 0 Å². The molecular formula is C14H12BrN3S. The summed E-state index contributed by atoms with van der Waals surface area (Å²) in [6, 6.07) is 12.1. The molecule has 1 N–H and O–H groups in total. The zero-order valence-electron chi connectivity index (χ0n) is 10.1. The third kappa shape index (κ3) is 3.11. The number of aromatic nitrogens is 2. The molecule has 0 unspecified atom stereocenters. The van der Waals surface area contributed by atoms with Gasteiger partial charge in [-0.05, 0) is 30.3 Å². The molecule has 96 valence electrons. The average Bonchev–Trinajstić information content (AvgIpc) is 2.82. The van der Waals surface area contributed by atoms with Crippen molar-refractivity contribution in [1.29, 1.82) is 0 Å². The highest BCUT2D eigenvalue weighted by Crippen LogP contribution is 2.28. The number of benzene rings is 1. The molecule has 3 nitrogen and oxygen atoms in total. The number of fused-ring (bicyclic) bond motifs is 1. The van der Waals surface area contributed by atoms with Crippen LogP contribution in [0, 0.1) is 0 Å². The zero-order chi connectivity index (χ0) is 13.1. The first-order valence-electron chi connectivity index (χ1n) is 6.01. The number of halogens is 1. The van der Waals surface area contributed by atoms with E-state index >= 15 is 0 Å². The maximum Gasteiger partial charge on any atom is 0.183 e. The number of nitrogens with one attached hydrogen (secondary N) is 1. The number of hydrogen-bond donors (Lipinski definition) is 1. The molecule has 3 rings (SSSR count). The Labute approximate surface area is 123 Å². The Kier molecular flexibility index (Phi) is 3.75. The standard InChI is InChI=1S/C14H12BrN3S/c15-10-4-5-12-13(9-10)19-14(18-12)17-8-6-11-3-1-2-7-16-11/h1-5,7,9H,6,8H2,(H,17,18). The van der Waals surface area contributed by atoms with E-state index in [1.807, 2.05) is 36.5 Å². The number of hydrogen-bond acceptors (Lipinski definition) is 4. The van der Waals surface area contributed by atoms with Crippen LogP contribution in [0.4, 0.5) is 5.13 Å². The molecular weight excluding hydrogens is 322 g/mol. The predicted molar refractivity (Wildman–Crippen MR) is 83.8 cm³/mol. The van der Waals surface area contributed by atoms with Gasteiger partial charge < -0.3 is 5.32 Å². The van der Waals surface area contributed by atoms with Crippen LogP contribution in [-0.4, -0.2) is 16.5 Å². The maximum atomic E-state index is 4.55. The monoisotopic (exact) mass is 333 g/mol. The largest absolute Gasteiger partial charge is 0.361 e. The van der Waals surface area contributed by atoms with Crippen LogP contribution in [0.5, 0.6) is 0 Å². The molecule has 2 heterocycles. The van der Waals surface area contributed by atoms with Crippen molar-refractivity contribution >= 4 is 42.6 Å². The Morgan fingerprint density at radius 3 is 3.00 bits per heavy atom. The summed E-state index contributed by atoms with van der Waals surface area (Å²) in [6.07, 6.45) is 2.73. The fraction of sp³-hybridized carbons (Fsp3) is 0.143. The normalized spacial score (nSPS) is 10.8. The quantitative estimate of drug-likeness (QED) is 0.780. The lowest BCUT2D eigenvalue weighted by atomic mass is 10.3. The summed E-state index contributed by atoms with van der Waals surface area (Å²) in [5.74, 6) is 0. The Hall–Kier alpha value is -1.46. The fourth-order valence-electron chi connectivity index (χ4n) is 1.82. The third-order valence-electron chi connectivity index (χ3n) is 2.73. The molecule has 0 bridgehead atoms.